The van der Waals surface area contributed by atoms with Crippen LogP contribution in [0.1, 0.15) is 51.4 Å². The van der Waals surface area contributed by atoms with Crippen molar-refractivity contribution in [2.24, 2.45) is 5.92 Å². The molecule has 110 valence electrons. The van der Waals surface area contributed by atoms with Gasteiger partial charge in [-0.25, -0.2) is 8.42 Å². The minimum absolute atomic E-state index is 0.113. The first kappa shape index (κ1) is 14.8. The lowest BCUT2D eigenvalue weighted by Gasteiger charge is -2.24. The van der Waals surface area contributed by atoms with Gasteiger partial charge in [-0.2, -0.15) is 4.31 Å². The molecule has 0 amide bonds. The van der Waals surface area contributed by atoms with Gasteiger partial charge >= 0.3 is 5.97 Å². The van der Waals surface area contributed by atoms with Gasteiger partial charge in [0.15, 0.2) is 0 Å². The molecule has 1 saturated carbocycles. The number of carbonyl (C=O) groups is 1. The van der Waals surface area contributed by atoms with Crippen LogP contribution < -0.4 is 0 Å². The normalized spacial score (nSPS) is 26.6. The monoisotopic (exact) mass is 289 g/mol. The molecule has 1 N–H and O–H groups in total. The Morgan fingerprint density at radius 2 is 1.79 bits per heavy atom. The average Bonchev–Trinajstić information content (AvgIpc) is 2.88. The summed E-state index contributed by atoms with van der Waals surface area (Å²) in [6, 6.07) is -0.837. The highest BCUT2D eigenvalue weighted by Crippen LogP contribution is 2.28. The van der Waals surface area contributed by atoms with Crippen molar-refractivity contribution < 1.29 is 18.3 Å². The van der Waals surface area contributed by atoms with Gasteiger partial charge in [-0.05, 0) is 25.2 Å². The maximum absolute atomic E-state index is 12.3. The van der Waals surface area contributed by atoms with Crippen LogP contribution in [0.4, 0.5) is 0 Å². The minimum atomic E-state index is -3.40. The molecule has 1 atom stereocenters. The van der Waals surface area contributed by atoms with Crippen molar-refractivity contribution in [2.75, 3.05) is 12.3 Å². The van der Waals surface area contributed by atoms with Crippen LogP contribution in [0, 0.1) is 5.92 Å². The molecule has 0 aromatic heterocycles. The fourth-order valence-electron chi connectivity index (χ4n) is 3.23. The molecule has 0 spiro atoms. The van der Waals surface area contributed by atoms with Gasteiger partial charge in [-0.3, -0.25) is 4.79 Å². The van der Waals surface area contributed by atoms with Crippen LogP contribution >= 0.6 is 0 Å². The van der Waals surface area contributed by atoms with Gasteiger partial charge in [0.2, 0.25) is 10.0 Å². The number of nitrogens with zero attached hydrogens (tertiary/aromatic N) is 1. The van der Waals surface area contributed by atoms with Gasteiger partial charge in [0.05, 0.1) is 5.75 Å². The second-order valence-corrected chi connectivity index (χ2v) is 7.76. The molecule has 0 radical (unpaired) electrons. The Balaban J connectivity index is 1.92. The third-order valence-electron chi connectivity index (χ3n) is 4.35. The Morgan fingerprint density at radius 3 is 2.42 bits per heavy atom. The van der Waals surface area contributed by atoms with Crippen LogP contribution in [0.2, 0.25) is 0 Å². The molecular formula is C13H23NO4S. The van der Waals surface area contributed by atoms with Crippen molar-refractivity contribution in [3.63, 3.8) is 0 Å². The standard InChI is InChI=1S/C13H23NO4S/c15-13(16)12-7-4-9-14(12)19(17,18)10-8-11-5-2-1-3-6-11/h11-12H,1-10H2,(H,15,16). The maximum Gasteiger partial charge on any atom is 0.322 e. The van der Waals surface area contributed by atoms with Gasteiger partial charge in [0.1, 0.15) is 6.04 Å². The van der Waals surface area contributed by atoms with Gasteiger partial charge in [0.25, 0.3) is 0 Å². The molecule has 0 aromatic carbocycles. The van der Waals surface area contributed by atoms with Gasteiger partial charge in [-0.1, -0.05) is 32.1 Å². The number of carboxylic acids is 1. The van der Waals surface area contributed by atoms with Crippen LogP contribution in [-0.4, -0.2) is 42.1 Å². The van der Waals surface area contributed by atoms with E-state index in [2.05, 4.69) is 0 Å². The molecule has 0 aromatic rings. The lowest BCUT2D eigenvalue weighted by molar-refractivity contribution is -0.140. The highest BCUT2D eigenvalue weighted by Gasteiger charge is 2.38. The second kappa shape index (κ2) is 6.22. The third kappa shape index (κ3) is 3.69. The molecule has 1 heterocycles. The lowest BCUT2D eigenvalue weighted by atomic mass is 9.88. The van der Waals surface area contributed by atoms with Crippen LogP contribution in [-0.2, 0) is 14.8 Å². The molecule has 0 bridgehead atoms. The predicted molar refractivity (Wildman–Crippen MR) is 72.3 cm³/mol. The van der Waals surface area contributed by atoms with E-state index in [9.17, 15) is 13.2 Å². The molecule has 2 fully saturated rings. The fourth-order valence-corrected chi connectivity index (χ4v) is 5.08. The topological polar surface area (TPSA) is 74.7 Å². The molecule has 2 aliphatic rings. The molecule has 19 heavy (non-hydrogen) atoms. The van der Waals surface area contributed by atoms with Crippen molar-refractivity contribution in [1.29, 1.82) is 0 Å². The molecule has 1 aliphatic heterocycles. The summed E-state index contributed by atoms with van der Waals surface area (Å²) in [5, 5.41) is 9.06. The van der Waals surface area contributed by atoms with Crippen molar-refractivity contribution in [2.45, 2.75) is 57.4 Å². The van der Waals surface area contributed by atoms with Crippen molar-refractivity contribution in [3.8, 4) is 0 Å². The minimum Gasteiger partial charge on any atom is -0.480 e. The molecule has 6 heteroatoms. The molecule has 1 unspecified atom stereocenters. The van der Waals surface area contributed by atoms with E-state index in [0.717, 1.165) is 12.8 Å². The molecule has 1 saturated heterocycles. The van der Waals surface area contributed by atoms with E-state index in [1.165, 1.54) is 23.6 Å². The summed E-state index contributed by atoms with van der Waals surface area (Å²) in [6.07, 6.45) is 7.69. The van der Waals surface area contributed by atoms with Crippen molar-refractivity contribution in [3.05, 3.63) is 0 Å². The first-order valence-electron chi connectivity index (χ1n) is 7.23. The quantitative estimate of drug-likeness (QED) is 0.838. The van der Waals surface area contributed by atoms with Crippen molar-refractivity contribution in [1.82, 2.24) is 4.31 Å². The smallest absolute Gasteiger partial charge is 0.322 e. The number of rotatable bonds is 5. The zero-order chi connectivity index (χ0) is 13.9. The average molecular weight is 289 g/mol. The summed E-state index contributed by atoms with van der Waals surface area (Å²) >= 11 is 0. The second-order valence-electron chi connectivity index (χ2n) is 5.72. The SMILES string of the molecule is O=C(O)C1CCCN1S(=O)(=O)CCC1CCCCC1. The Labute approximate surface area is 115 Å². The Hall–Kier alpha value is -0.620. The van der Waals surface area contributed by atoms with Gasteiger partial charge in [-0.15, -0.1) is 0 Å². The summed E-state index contributed by atoms with van der Waals surface area (Å²) in [6.45, 7) is 0.365. The summed E-state index contributed by atoms with van der Waals surface area (Å²) < 4.78 is 25.7. The predicted octanol–water partition coefficient (Wildman–Crippen LogP) is 1.84. The number of carboxylic acid groups (broad SMARTS) is 1. The number of hydrogen-bond donors (Lipinski definition) is 1. The fraction of sp³-hybridized carbons (Fsp3) is 0.923. The molecule has 2 rings (SSSR count). The highest BCUT2D eigenvalue weighted by atomic mass is 32.2. The molecule has 1 aliphatic carbocycles. The van der Waals surface area contributed by atoms with E-state index in [0.29, 0.717) is 31.7 Å². The van der Waals surface area contributed by atoms with Crippen LogP contribution in [0.3, 0.4) is 0 Å². The summed E-state index contributed by atoms with van der Waals surface area (Å²) in [7, 11) is -3.40. The van der Waals surface area contributed by atoms with E-state index < -0.39 is 22.0 Å². The maximum atomic E-state index is 12.3. The van der Waals surface area contributed by atoms with E-state index in [1.807, 2.05) is 0 Å². The largest absolute Gasteiger partial charge is 0.480 e. The Bertz CT molecular complexity index is 414. The van der Waals surface area contributed by atoms with Gasteiger partial charge in [0, 0.05) is 6.54 Å². The van der Waals surface area contributed by atoms with Crippen LogP contribution in [0.5, 0.6) is 0 Å². The summed E-state index contributed by atoms with van der Waals surface area (Å²) in [4.78, 5) is 11.1. The molecular weight excluding hydrogens is 266 g/mol. The number of hydrogen-bond acceptors (Lipinski definition) is 3. The Kier molecular flexibility index (Phi) is 4.84. The van der Waals surface area contributed by atoms with Crippen molar-refractivity contribution >= 4 is 16.0 Å². The third-order valence-corrected chi connectivity index (χ3v) is 6.26. The number of aliphatic carboxylic acids is 1. The first-order valence-corrected chi connectivity index (χ1v) is 8.84. The zero-order valence-corrected chi connectivity index (χ0v) is 12.1. The van der Waals surface area contributed by atoms with Crippen LogP contribution in [0.15, 0.2) is 0 Å². The van der Waals surface area contributed by atoms with E-state index >= 15 is 0 Å². The zero-order valence-electron chi connectivity index (χ0n) is 11.3. The van der Waals surface area contributed by atoms with E-state index in [-0.39, 0.29) is 5.75 Å². The Morgan fingerprint density at radius 1 is 1.11 bits per heavy atom. The summed E-state index contributed by atoms with van der Waals surface area (Å²) in [5.74, 6) is -0.394. The van der Waals surface area contributed by atoms with Gasteiger partial charge < -0.3 is 5.11 Å². The first-order chi connectivity index (χ1) is 9.00. The molecule has 5 nitrogen and oxygen atoms in total. The van der Waals surface area contributed by atoms with E-state index in [4.69, 9.17) is 5.11 Å². The summed E-state index contributed by atoms with van der Waals surface area (Å²) in [5.41, 5.74) is 0. The number of sulfonamides is 1. The lowest BCUT2D eigenvalue weighted by Crippen LogP contribution is -2.41. The van der Waals surface area contributed by atoms with Crippen LogP contribution in [0.25, 0.3) is 0 Å². The van der Waals surface area contributed by atoms with E-state index in [1.54, 1.807) is 0 Å². The highest BCUT2D eigenvalue weighted by molar-refractivity contribution is 7.89.